The Balaban J connectivity index is 2.11. The molecule has 106 valence electrons. The van der Waals surface area contributed by atoms with Crippen LogP contribution in [0, 0.1) is 16.0 Å². The van der Waals surface area contributed by atoms with E-state index in [2.05, 4.69) is 19.2 Å². The number of rotatable bonds is 9. The molecule has 1 N–H and O–H groups in total. The molecule has 4 heteroatoms. The van der Waals surface area contributed by atoms with Crippen LogP contribution in [0.15, 0.2) is 24.3 Å². The third-order valence-electron chi connectivity index (χ3n) is 3.12. The van der Waals surface area contributed by atoms with E-state index in [4.69, 9.17) is 0 Å². The predicted molar refractivity (Wildman–Crippen MR) is 78.4 cm³/mol. The maximum Gasteiger partial charge on any atom is 0.269 e. The van der Waals surface area contributed by atoms with E-state index in [9.17, 15) is 10.1 Å². The van der Waals surface area contributed by atoms with E-state index in [1.165, 1.54) is 19.3 Å². The molecule has 0 aliphatic heterocycles. The van der Waals surface area contributed by atoms with E-state index in [0.717, 1.165) is 31.0 Å². The largest absolute Gasteiger partial charge is 0.316 e. The molecule has 1 rings (SSSR count). The molecule has 0 heterocycles. The Morgan fingerprint density at radius 1 is 1.16 bits per heavy atom. The van der Waals surface area contributed by atoms with Gasteiger partial charge in [-0.1, -0.05) is 38.8 Å². The van der Waals surface area contributed by atoms with E-state index in [0.29, 0.717) is 0 Å². The summed E-state index contributed by atoms with van der Waals surface area (Å²) < 4.78 is 0. The molecule has 0 aromatic heterocycles. The second-order valence-corrected chi connectivity index (χ2v) is 5.31. The van der Waals surface area contributed by atoms with Crippen LogP contribution in [0.1, 0.15) is 38.7 Å². The molecule has 1 aromatic rings. The minimum atomic E-state index is -0.364. The van der Waals surface area contributed by atoms with Gasteiger partial charge in [0.05, 0.1) is 4.92 Å². The lowest BCUT2D eigenvalue weighted by atomic mass is 10.1. The first kappa shape index (κ1) is 15.6. The van der Waals surface area contributed by atoms with E-state index in [1.807, 2.05) is 12.1 Å². The zero-order chi connectivity index (χ0) is 14.1. The number of nitro groups is 1. The van der Waals surface area contributed by atoms with Gasteiger partial charge in [-0.05, 0) is 37.4 Å². The number of nitrogens with zero attached hydrogens (tertiary/aromatic N) is 1. The van der Waals surface area contributed by atoms with Crippen molar-refractivity contribution < 1.29 is 4.92 Å². The molecule has 0 spiro atoms. The van der Waals surface area contributed by atoms with Gasteiger partial charge < -0.3 is 5.32 Å². The summed E-state index contributed by atoms with van der Waals surface area (Å²) in [5, 5.41) is 13.9. The quantitative estimate of drug-likeness (QED) is 0.421. The summed E-state index contributed by atoms with van der Waals surface area (Å²) in [5.74, 6) is 0.792. The second kappa shape index (κ2) is 8.64. The Morgan fingerprint density at radius 2 is 1.84 bits per heavy atom. The lowest BCUT2D eigenvalue weighted by Crippen LogP contribution is -2.18. The molecule has 0 radical (unpaired) electrons. The number of hydrogen-bond acceptors (Lipinski definition) is 3. The van der Waals surface area contributed by atoms with Gasteiger partial charge in [0.2, 0.25) is 0 Å². The molecule has 0 aliphatic rings. The average molecular weight is 264 g/mol. The fraction of sp³-hybridized carbons (Fsp3) is 0.600. The van der Waals surface area contributed by atoms with E-state index >= 15 is 0 Å². The van der Waals surface area contributed by atoms with Crippen LogP contribution < -0.4 is 5.32 Å². The maximum atomic E-state index is 10.5. The highest BCUT2D eigenvalue weighted by molar-refractivity contribution is 5.32. The molecule has 0 fully saturated rings. The number of benzene rings is 1. The number of unbranched alkanes of at least 4 members (excludes halogenated alkanes) is 1. The predicted octanol–water partition coefficient (Wildman–Crippen LogP) is 3.55. The van der Waals surface area contributed by atoms with Crippen LogP contribution in [0.25, 0.3) is 0 Å². The minimum absolute atomic E-state index is 0.158. The molecule has 1 aromatic carbocycles. The van der Waals surface area contributed by atoms with E-state index < -0.39 is 0 Å². The van der Waals surface area contributed by atoms with Crippen molar-refractivity contribution in [3.63, 3.8) is 0 Å². The molecule has 0 amide bonds. The van der Waals surface area contributed by atoms with Gasteiger partial charge in [-0.2, -0.15) is 0 Å². The van der Waals surface area contributed by atoms with Crippen molar-refractivity contribution in [3.8, 4) is 0 Å². The first-order chi connectivity index (χ1) is 9.09. The fourth-order valence-corrected chi connectivity index (χ4v) is 1.94. The summed E-state index contributed by atoms with van der Waals surface area (Å²) in [5.41, 5.74) is 1.30. The van der Waals surface area contributed by atoms with Crippen molar-refractivity contribution in [1.29, 1.82) is 0 Å². The molecule has 0 saturated heterocycles. The van der Waals surface area contributed by atoms with Crippen molar-refractivity contribution in [2.24, 2.45) is 5.92 Å². The first-order valence-corrected chi connectivity index (χ1v) is 7.03. The van der Waals surface area contributed by atoms with Gasteiger partial charge in [0.25, 0.3) is 5.69 Å². The summed E-state index contributed by atoms with van der Waals surface area (Å²) in [6.07, 6.45) is 4.72. The number of nitro benzene ring substituents is 1. The molecular weight excluding hydrogens is 240 g/mol. The van der Waals surface area contributed by atoms with Gasteiger partial charge in [0.15, 0.2) is 0 Å². The molecule has 0 aliphatic carbocycles. The van der Waals surface area contributed by atoms with Crippen LogP contribution in [-0.4, -0.2) is 18.0 Å². The maximum absolute atomic E-state index is 10.5. The zero-order valence-corrected chi connectivity index (χ0v) is 11.9. The second-order valence-electron chi connectivity index (χ2n) is 5.31. The van der Waals surface area contributed by atoms with E-state index in [1.54, 1.807) is 12.1 Å². The van der Waals surface area contributed by atoms with Gasteiger partial charge in [-0.25, -0.2) is 0 Å². The Morgan fingerprint density at radius 3 is 2.42 bits per heavy atom. The molecule has 4 nitrogen and oxygen atoms in total. The standard InChI is InChI=1S/C15H24N2O2/c1-13(2)5-3-4-11-16-12-10-14-6-8-15(9-7-14)17(18)19/h6-9,13,16H,3-5,10-12H2,1-2H3. The van der Waals surface area contributed by atoms with Crippen LogP contribution in [-0.2, 0) is 6.42 Å². The minimum Gasteiger partial charge on any atom is -0.316 e. The summed E-state index contributed by atoms with van der Waals surface area (Å²) in [6, 6.07) is 6.80. The van der Waals surface area contributed by atoms with Crippen molar-refractivity contribution in [2.75, 3.05) is 13.1 Å². The van der Waals surface area contributed by atoms with Gasteiger partial charge in [0, 0.05) is 12.1 Å². The fourth-order valence-electron chi connectivity index (χ4n) is 1.94. The van der Waals surface area contributed by atoms with Crippen LogP contribution in [0.2, 0.25) is 0 Å². The van der Waals surface area contributed by atoms with Crippen molar-refractivity contribution >= 4 is 5.69 Å². The zero-order valence-electron chi connectivity index (χ0n) is 11.9. The summed E-state index contributed by atoms with van der Waals surface area (Å²) in [6.45, 7) is 6.49. The number of hydrogen-bond donors (Lipinski definition) is 1. The average Bonchev–Trinajstić information content (AvgIpc) is 2.38. The van der Waals surface area contributed by atoms with Crippen LogP contribution in [0.4, 0.5) is 5.69 Å². The molecule has 19 heavy (non-hydrogen) atoms. The lowest BCUT2D eigenvalue weighted by Gasteiger charge is -2.06. The highest BCUT2D eigenvalue weighted by Crippen LogP contribution is 2.12. The lowest BCUT2D eigenvalue weighted by molar-refractivity contribution is -0.384. The van der Waals surface area contributed by atoms with E-state index in [-0.39, 0.29) is 10.6 Å². The molecule has 0 bridgehead atoms. The Labute approximate surface area is 115 Å². The molecule has 0 unspecified atom stereocenters. The number of nitrogens with one attached hydrogen (secondary N) is 1. The summed E-state index contributed by atoms with van der Waals surface area (Å²) in [4.78, 5) is 10.1. The molecular formula is C15H24N2O2. The van der Waals surface area contributed by atoms with Crippen molar-refractivity contribution in [3.05, 3.63) is 39.9 Å². The summed E-state index contributed by atoms with van der Waals surface area (Å²) >= 11 is 0. The highest BCUT2D eigenvalue weighted by atomic mass is 16.6. The third-order valence-corrected chi connectivity index (χ3v) is 3.12. The summed E-state index contributed by atoms with van der Waals surface area (Å²) in [7, 11) is 0. The number of non-ortho nitro benzene ring substituents is 1. The smallest absolute Gasteiger partial charge is 0.269 e. The first-order valence-electron chi connectivity index (χ1n) is 7.03. The van der Waals surface area contributed by atoms with Gasteiger partial charge in [-0.3, -0.25) is 10.1 Å². The highest BCUT2D eigenvalue weighted by Gasteiger charge is 2.03. The van der Waals surface area contributed by atoms with Crippen LogP contribution in [0.5, 0.6) is 0 Å². The topological polar surface area (TPSA) is 55.2 Å². The molecule has 0 atom stereocenters. The van der Waals surface area contributed by atoms with Gasteiger partial charge in [-0.15, -0.1) is 0 Å². The Hall–Kier alpha value is -1.42. The monoisotopic (exact) mass is 264 g/mol. The van der Waals surface area contributed by atoms with Crippen LogP contribution in [0.3, 0.4) is 0 Å². The van der Waals surface area contributed by atoms with Crippen LogP contribution >= 0.6 is 0 Å². The molecule has 0 saturated carbocycles. The Bertz CT molecular complexity index is 374. The van der Waals surface area contributed by atoms with Gasteiger partial charge in [0.1, 0.15) is 0 Å². The Kier molecular flexibility index (Phi) is 7.11. The normalized spacial score (nSPS) is 10.9. The third kappa shape index (κ3) is 6.91. The van der Waals surface area contributed by atoms with Gasteiger partial charge >= 0.3 is 0 Å². The van der Waals surface area contributed by atoms with Crippen molar-refractivity contribution in [1.82, 2.24) is 5.32 Å². The SMILES string of the molecule is CC(C)CCCCNCCc1ccc([N+](=O)[O-])cc1. The van der Waals surface area contributed by atoms with Crippen molar-refractivity contribution in [2.45, 2.75) is 39.5 Å².